The molecule has 0 saturated heterocycles. The summed E-state index contributed by atoms with van der Waals surface area (Å²) in [5, 5.41) is 4.38. The molecule has 0 unspecified atom stereocenters. The molecule has 0 aliphatic rings. The molecular formula is C4H4N3S2. The van der Waals surface area contributed by atoms with Gasteiger partial charge in [-0.15, -0.1) is 11.3 Å². The minimum atomic E-state index is 0.000833. The second-order valence-electron chi connectivity index (χ2n) is 1.33. The SMILES string of the molecule is [NH]C(=S)Nc1cscn1. The Morgan fingerprint density at radius 2 is 2.67 bits per heavy atom. The van der Waals surface area contributed by atoms with Gasteiger partial charge in [-0.2, -0.15) is 0 Å². The largest absolute Gasteiger partial charge is 0.315 e. The molecule has 0 atom stereocenters. The third-order valence-electron chi connectivity index (χ3n) is 0.674. The van der Waals surface area contributed by atoms with Gasteiger partial charge in [0.05, 0.1) is 5.51 Å². The van der Waals surface area contributed by atoms with Gasteiger partial charge in [-0.3, -0.25) is 5.73 Å². The van der Waals surface area contributed by atoms with Gasteiger partial charge in [-0.25, -0.2) is 4.98 Å². The molecule has 2 N–H and O–H groups in total. The predicted octanol–water partition coefficient (Wildman–Crippen LogP) is 1.12. The third kappa shape index (κ3) is 1.95. The quantitative estimate of drug-likeness (QED) is 0.623. The topological polar surface area (TPSA) is 48.7 Å². The molecule has 0 aromatic carbocycles. The molecule has 1 rings (SSSR count). The molecule has 5 heteroatoms. The normalized spacial score (nSPS) is 8.89. The molecule has 1 radical (unpaired) electrons. The van der Waals surface area contributed by atoms with E-state index in [9.17, 15) is 0 Å². The number of anilines is 1. The van der Waals surface area contributed by atoms with Crippen LogP contribution >= 0.6 is 23.6 Å². The van der Waals surface area contributed by atoms with E-state index >= 15 is 0 Å². The van der Waals surface area contributed by atoms with E-state index in [1.807, 2.05) is 0 Å². The highest BCUT2D eigenvalue weighted by Crippen LogP contribution is 2.05. The van der Waals surface area contributed by atoms with Crippen molar-refractivity contribution >= 4 is 34.5 Å². The minimum absolute atomic E-state index is 0.000833. The van der Waals surface area contributed by atoms with Crippen molar-refractivity contribution in [2.45, 2.75) is 0 Å². The van der Waals surface area contributed by atoms with Crippen molar-refractivity contribution in [3.05, 3.63) is 10.9 Å². The Labute approximate surface area is 61.9 Å². The lowest BCUT2D eigenvalue weighted by Gasteiger charge is -1.93. The number of rotatable bonds is 1. The summed E-state index contributed by atoms with van der Waals surface area (Å²) in [4.78, 5) is 3.86. The van der Waals surface area contributed by atoms with Crippen LogP contribution in [-0.4, -0.2) is 10.1 Å². The first-order valence-corrected chi connectivity index (χ1v) is 3.55. The molecule has 0 aliphatic carbocycles. The van der Waals surface area contributed by atoms with Crippen LogP contribution in [0.25, 0.3) is 0 Å². The Balaban J connectivity index is 2.58. The summed E-state index contributed by atoms with van der Waals surface area (Å²) in [7, 11) is 0. The van der Waals surface area contributed by atoms with Crippen molar-refractivity contribution in [1.29, 1.82) is 0 Å². The molecule has 1 aromatic rings. The number of thiocarbonyl (C=S) groups is 1. The van der Waals surface area contributed by atoms with E-state index in [4.69, 9.17) is 5.73 Å². The van der Waals surface area contributed by atoms with E-state index in [0.717, 1.165) is 0 Å². The van der Waals surface area contributed by atoms with Crippen LogP contribution in [0.1, 0.15) is 0 Å². The van der Waals surface area contributed by atoms with Crippen LogP contribution in [0.3, 0.4) is 0 Å². The average molecular weight is 158 g/mol. The number of hydrogen-bond donors (Lipinski definition) is 1. The fraction of sp³-hybridized carbons (Fsp3) is 0. The lowest BCUT2D eigenvalue weighted by atomic mass is 10.8. The van der Waals surface area contributed by atoms with Gasteiger partial charge in [0, 0.05) is 5.38 Å². The number of aromatic nitrogens is 1. The lowest BCUT2D eigenvalue weighted by Crippen LogP contribution is -2.08. The van der Waals surface area contributed by atoms with Crippen molar-refractivity contribution < 1.29 is 0 Å². The molecule has 0 amide bonds. The van der Waals surface area contributed by atoms with Crippen LogP contribution < -0.4 is 11.1 Å². The average Bonchev–Trinajstić information content (AvgIpc) is 2.15. The van der Waals surface area contributed by atoms with Gasteiger partial charge < -0.3 is 5.32 Å². The van der Waals surface area contributed by atoms with Gasteiger partial charge in [0.15, 0.2) is 5.11 Å². The molecule has 47 valence electrons. The number of nitrogens with one attached hydrogen (secondary N) is 2. The standard InChI is InChI=1S/C4H4N3S2/c5-4(8)7-3-1-9-2-6-3/h1-2,5H,(H,7,8). The van der Waals surface area contributed by atoms with Crippen molar-refractivity contribution in [3.63, 3.8) is 0 Å². The van der Waals surface area contributed by atoms with Crippen LogP contribution in [0, 0.1) is 0 Å². The summed E-state index contributed by atoms with van der Waals surface area (Å²) < 4.78 is 0. The van der Waals surface area contributed by atoms with E-state index in [2.05, 4.69) is 22.5 Å². The minimum Gasteiger partial charge on any atom is -0.315 e. The molecule has 3 nitrogen and oxygen atoms in total. The first-order valence-electron chi connectivity index (χ1n) is 2.20. The Morgan fingerprint density at radius 3 is 3.11 bits per heavy atom. The molecule has 9 heavy (non-hydrogen) atoms. The summed E-state index contributed by atoms with van der Waals surface area (Å²) in [5.41, 5.74) is 8.52. The summed E-state index contributed by atoms with van der Waals surface area (Å²) in [6.45, 7) is 0. The highest BCUT2D eigenvalue weighted by Gasteiger charge is 1.91. The summed E-state index contributed by atoms with van der Waals surface area (Å²) >= 11 is 5.93. The van der Waals surface area contributed by atoms with Gasteiger partial charge in [-0.1, -0.05) is 0 Å². The second-order valence-corrected chi connectivity index (χ2v) is 2.45. The van der Waals surface area contributed by atoms with Crippen molar-refractivity contribution in [2.75, 3.05) is 5.32 Å². The van der Waals surface area contributed by atoms with E-state index in [0.29, 0.717) is 5.82 Å². The highest BCUT2D eigenvalue weighted by atomic mass is 32.1. The van der Waals surface area contributed by atoms with Crippen LogP contribution in [0.5, 0.6) is 0 Å². The van der Waals surface area contributed by atoms with Crippen LogP contribution in [0.15, 0.2) is 10.9 Å². The first kappa shape index (κ1) is 6.44. The van der Waals surface area contributed by atoms with E-state index in [1.54, 1.807) is 10.9 Å². The van der Waals surface area contributed by atoms with E-state index < -0.39 is 0 Å². The van der Waals surface area contributed by atoms with Gasteiger partial charge in [0.2, 0.25) is 0 Å². The van der Waals surface area contributed by atoms with Crippen LogP contribution in [0.2, 0.25) is 0 Å². The van der Waals surface area contributed by atoms with E-state index in [1.165, 1.54) is 11.3 Å². The van der Waals surface area contributed by atoms with Crippen molar-refractivity contribution in [1.82, 2.24) is 10.7 Å². The maximum atomic E-state index is 6.84. The van der Waals surface area contributed by atoms with Crippen LogP contribution in [-0.2, 0) is 0 Å². The summed E-state index contributed by atoms with van der Waals surface area (Å²) in [6, 6.07) is 0. The monoisotopic (exact) mass is 158 g/mol. The fourth-order valence-corrected chi connectivity index (χ4v) is 0.979. The zero-order valence-corrected chi connectivity index (χ0v) is 6.05. The Morgan fingerprint density at radius 1 is 1.89 bits per heavy atom. The molecule has 0 fully saturated rings. The highest BCUT2D eigenvalue weighted by molar-refractivity contribution is 7.80. The molecule has 0 spiro atoms. The van der Waals surface area contributed by atoms with Gasteiger partial charge in [0.1, 0.15) is 5.82 Å². The van der Waals surface area contributed by atoms with Gasteiger partial charge in [-0.05, 0) is 12.2 Å². The zero-order chi connectivity index (χ0) is 6.69. The first-order chi connectivity index (χ1) is 4.29. The van der Waals surface area contributed by atoms with Crippen LogP contribution in [0.4, 0.5) is 5.82 Å². The third-order valence-corrected chi connectivity index (χ3v) is 1.36. The molecule has 0 bridgehead atoms. The van der Waals surface area contributed by atoms with E-state index in [-0.39, 0.29) is 5.11 Å². The Hall–Kier alpha value is -0.680. The second kappa shape index (κ2) is 2.75. The van der Waals surface area contributed by atoms with Gasteiger partial charge in [0.25, 0.3) is 0 Å². The number of thiazole rings is 1. The lowest BCUT2D eigenvalue weighted by molar-refractivity contribution is 1.40. The molecule has 0 saturated carbocycles. The Kier molecular flexibility index (Phi) is 1.96. The molecule has 1 aromatic heterocycles. The number of hydrogen-bond acceptors (Lipinski definition) is 3. The summed E-state index contributed by atoms with van der Waals surface area (Å²) in [5.74, 6) is 0.653. The zero-order valence-electron chi connectivity index (χ0n) is 4.42. The Bertz CT molecular complexity index is 194. The summed E-state index contributed by atoms with van der Waals surface area (Å²) in [6.07, 6.45) is 0. The van der Waals surface area contributed by atoms with Crippen molar-refractivity contribution in [3.8, 4) is 0 Å². The maximum Gasteiger partial charge on any atom is 0.190 e. The molecular weight excluding hydrogens is 154 g/mol. The smallest absolute Gasteiger partial charge is 0.190 e. The molecule has 1 heterocycles. The maximum absolute atomic E-state index is 6.84. The fourth-order valence-electron chi connectivity index (χ4n) is 0.391. The van der Waals surface area contributed by atoms with Gasteiger partial charge >= 0.3 is 0 Å². The molecule has 0 aliphatic heterocycles. The predicted molar refractivity (Wildman–Crippen MR) is 41.4 cm³/mol. The number of nitrogens with zero attached hydrogens (tertiary/aromatic N) is 1. The van der Waals surface area contributed by atoms with Crippen molar-refractivity contribution in [2.24, 2.45) is 0 Å².